The van der Waals surface area contributed by atoms with E-state index in [1.807, 2.05) is 14.0 Å². The Kier molecular flexibility index (Phi) is 4.23. The highest BCUT2D eigenvalue weighted by Crippen LogP contribution is 2.26. The lowest BCUT2D eigenvalue weighted by Crippen LogP contribution is -2.33. The summed E-state index contributed by atoms with van der Waals surface area (Å²) in [5, 5.41) is 5.02. The number of hydrogen-bond donors (Lipinski definition) is 1. The van der Waals surface area contributed by atoms with Gasteiger partial charge in [0.25, 0.3) is 0 Å². The van der Waals surface area contributed by atoms with Gasteiger partial charge in [0.1, 0.15) is 0 Å². The molecule has 0 radical (unpaired) electrons. The van der Waals surface area contributed by atoms with Crippen molar-refractivity contribution >= 4 is 21.4 Å². The minimum absolute atomic E-state index is 0.0287. The van der Waals surface area contributed by atoms with Crippen molar-refractivity contribution in [3.8, 4) is 0 Å². The third kappa shape index (κ3) is 3.12. The number of aromatic nitrogens is 2. The molecule has 0 aliphatic carbocycles. The molecule has 1 fully saturated rings. The van der Waals surface area contributed by atoms with Crippen molar-refractivity contribution in [2.24, 2.45) is 18.7 Å². The molecule has 0 spiro atoms. The van der Waals surface area contributed by atoms with Crippen LogP contribution in [0.5, 0.6) is 0 Å². The molecule has 19 heavy (non-hydrogen) atoms. The maximum atomic E-state index is 11.5. The fraction of sp³-hybridized carbons (Fsp3) is 0.750. The van der Waals surface area contributed by atoms with Crippen LogP contribution in [0.4, 0.5) is 0 Å². The van der Waals surface area contributed by atoms with E-state index in [-0.39, 0.29) is 23.5 Å². The summed E-state index contributed by atoms with van der Waals surface area (Å²) in [7, 11) is -1.04. The second kappa shape index (κ2) is 5.42. The summed E-state index contributed by atoms with van der Waals surface area (Å²) in [4.78, 5) is 0. The molecule has 1 aromatic rings. The van der Waals surface area contributed by atoms with Gasteiger partial charge in [-0.05, 0) is 18.8 Å². The number of halogens is 1. The van der Waals surface area contributed by atoms with Gasteiger partial charge < -0.3 is 5.73 Å². The summed E-state index contributed by atoms with van der Waals surface area (Å²) in [6, 6.07) is -0.185. The maximum absolute atomic E-state index is 11.5. The molecule has 1 aliphatic heterocycles. The van der Waals surface area contributed by atoms with Crippen LogP contribution in [0.15, 0.2) is 0 Å². The lowest BCUT2D eigenvalue weighted by Gasteiger charge is -2.17. The summed E-state index contributed by atoms with van der Waals surface area (Å²) in [5.74, 6) is 0.482. The third-order valence-electron chi connectivity index (χ3n) is 3.81. The molecule has 2 heterocycles. The third-order valence-corrected chi connectivity index (χ3v) is 6.04. The first kappa shape index (κ1) is 14.8. The fourth-order valence-corrected chi connectivity index (χ4v) is 4.86. The SMILES string of the molecule is CCc1nn(C)c(CC(N)C2CCS(=O)(=O)C2)c1Cl. The first-order chi connectivity index (χ1) is 8.84. The van der Waals surface area contributed by atoms with Gasteiger partial charge in [-0.15, -0.1) is 0 Å². The van der Waals surface area contributed by atoms with Gasteiger partial charge in [0.2, 0.25) is 0 Å². The average Bonchev–Trinajstić information content (AvgIpc) is 2.83. The highest BCUT2D eigenvalue weighted by molar-refractivity contribution is 7.91. The van der Waals surface area contributed by atoms with Gasteiger partial charge in [0, 0.05) is 19.5 Å². The lowest BCUT2D eigenvalue weighted by molar-refractivity contribution is 0.451. The van der Waals surface area contributed by atoms with Gasteiger partial charge in [0.15, 0.2) is 9.84 Å². The van der Waals surface area contributed by atoms with Crippen LogP contribution in [0.2, 0.25) is 5.02 Å². The Balaban J connectivity index is 2.11. The molecule has 2 N–H and O–H groups in total. The number of rotatable bonds is 4. The smallest absolute Gasteiger partial charge is 0.150 e. The zero-order valence-electron chi connectivity index (χ0n) is 11.3. The number of nitrogens with zero attached hydrogens (tertiary/aromatic N) is 2. The Morgan fingerprint density at radius 1 is 1.58 bits per heavy atom. The zero-order valence-corrected chi connectivity index (χ0v) is 12.8. The zero-order chi connectivity index (χ0) is 14.2. The molecule has 1 saturated heterocycles. The van der Waals surface area contributed by atoms with Crippen LogP contribution in [0.3, 0.4) is 0 Å². The predicted octanol–water partition coefficient (Wildman–Crippen LogP) is 0.940. The molecule has 0 bridgehead atoms. The molecular weight excluding hydrogens is 286 g/mol. The monoisotopic (exact) mass is 305 g/mol. The summed E-state index contributed by atoms with van der Waals surface area (Å²) in [5.41, 5.74) is 7.92. The Morgan fingerprint density at radius 3 is 2.74 bits per heavy atom. The minimum atomic E-state index is -2.89. The van der Waals surface area contributed by atoms with Gasteiger partial charge in [-0.1, -0.05) is 18.5 Å². The van der Waals surface area contributed by atoms with E-state index >= 15 is 0 Å². The van der Waals surface area contributed by atoms with Crippen LogP contribution in [-0.2, 0) is 29.7 Å². The van der Waals surface area contributed by atoms with E-state index in [2.05, 4.69) is 5.10 Å². The van der Waals surface area contributed by atoms with E-state index in [1.54, 1.807) is 4.68 Å². The van der Waals surface area contributed by atoms with Crippen molar-refractivity contribution in [1.82, 2.24) is 9.78 Å². The van der Waals surface area contributed by atoms with Gasteiger partial charge in [-0.2, -0.15) is 5.10 Å². The molecule has 7 heteroatoms. The first-order valence-electron chi connectivity index (χ1n) is 6.50. The quantitative estimate of drug-likeness (QED) is 0.898. The van der Waals surface area contributed by atoms with Crippen LogP contribution in [0, 0.1) is 5.92 Å². The second-order valence-electron chi connectivity index (χ2n) is 5.22. The molecule has 0 amide bonds. The topological polar surface area (TPSA) is 78.0 Å². The second-order valence-corrected chi connectivity index (χ2v) is 7.82. The van der Waals surface area contributed by atoms with E-state index in [0.717, 1.165) is 17.8 Å². The van der Waals surface area contributed by atoms with Crippen molar-refractivity contribution in [3.05, 3.63) is 16.4 Å². The van der Waals surface area contributed by atoms with E-state index in [9.17, 15) is 8.42 Å². The van der Waals surface area contributed by atoms with Gasteiger partial charge in [0.05, 0.1) is 27.9 Å². The highest BCUT2D eigenvalue weighted by Gasteiger charge is 2.32. The molecule has 2 unspecified atom stereocenters. The summed E-state index contributed by atoms with van der Waals surface area (Å²) in [6.07, 6.45) is 2.00. The Morgan fingerprint density at radius 2 is 2.26 bits per heavy atom. The molecule has 5 nitrogen and oxygen atoms in total. The van der Waals surface area contributed by atoms with Crippen molar-refractivity contribution < 1.29 is 8.42 Å². The van der Waals surface area contributed by atoms with E-state index in [0.29, 0.717) is 17.9 Å². The van der Waals surface area contributed by atoms with E-state index in [1.165, 1.54) is 0 Å². The minimum Gasteiger partial charge on any atom is -0.327 e. The number of sulfone groups is 1. The molecule has 1 aliphatic rings. The number of hydrogen-bond acceptors (Lipinski definition) is 4. The van der Waals surface area contributed by atoms with Crippen LogP contribution in [0.1, 0.15) is 24.7 Å². The standard InChI is InChI=1S/C12H20ClN3O2S/c1-3-10-12(13)11(16(2)15-10)6-9(14)8-4-5-19(17,18)7-8/h8-9H,3-7,14H2,1-2H3. The number of nitrogens with two attached hydrogens (primary N) is 1. The Hall–Kier alpha value is -0.590. The van der Waals surface area contributed by atoms with Crippen LogP contribution >= 0.6 is 11.6 Å². The van der Waals surface area contributed by atoms with Crippen molar-refractivity contribution in [1.29, 1.82) is 0 Å². The first-order valence-corrected chi connectivity index (χ1v) is 8.70. The van der Waals surface area contributed by atoms with Gasteiger partial charge in [-0.25, -0.2) is 8.42 Å². The molecule has 108 valence electrons. The van der Waals surface area contributed by atoms with Crippen molar-refractivity contribution in [3.63, 3.8) is 0 Å². The maximum Gasteiger partial charge on any atom is 0.150 e. The largest absolute Gasteiger partial charge is 0.327 e. The van der Waals surface area contributed by atoms with Gasteiger partial charge >= 0.3 is 0 Å². The van der Waals surface area contributed by atoms with Gasteiger partial charge in [-0.3, -0.25) is 4.68 Å². The summed E-state index contributed by atoms with van der Waals surface area (Å²) >= 11 is 6.28. The van der Waals surface area contributed by atoms with Crippen LogP contribution in [-0.4, -0.2) is 35.7 Å². The molecular formula is C12H20ClN3O2S. The molecule has 1 aromatic heterocycles. The molecule has 0 aromatic carbocycles. The van der Waals surface area contributed by atoms with Crippen molar-refractivity contribution in [2.45, 2.75) is 32.2 Å². The van der Waals surface area contributed by atoms with E-state index in [4.69, 9.17) is 17.3 Å². The number of aryl methyl sites for hydroxylation is 2. The van der Waals surface area contributed by atoms with Crippen LogP contribution in [0.25, 0.3) is 0 Å². The lowest BCUT2D eigenvalue weighted by atomic mass is 9.96. The molecule has 2 rings (SSSR count). The molecule has 0 saturated carbocycles. The molecule has 2 atom stereocenters. The predicted molar refractivity (Wildman–Crippen MR) is 76.0 cm³/mol. The van der Waals surface area contributed by atoms with E-state index < -0.39 is 9.84 Å². The van der Waals surface area contributed by atoms with Crippen molar-refractivity contribution in [2.75, 3.05) is 11.5 Å². The average molecular weight is 306 g/mol. The summed E-state index contributed by atoms with van der Waals surface area (Å²) < 4.78 is 24.7. The highest BCUT2D eigenvalue weighted by atomic mass is 35.5. The Bertz CT molecular complexity index is 568. The summed E-state index contributed by atoms with van der Waals surface area (Å²) in [6.45, 7) is 2.00. The normalized spacial score (nSPS) is 23.7. The fourth-order valence-electron chi connectivity index (χ4n) is 2.59. The van der Waals surface area contributed by atoms with Crippen LogP contribution < -0.4 is 5.73 Å². The Labute approximate surface area is 119 Å².